The van der Waals surface area contributed by atoms with E-state index in [9.17, 15) is 12.8 Å². The molecule has 0 aliphatic carbocycles. The molecule has 1 atom stereocenters. The van der Waals surface area contributed by atoms with Crippen molar-refractivity contribution in [1.82, 2.24) is 0 Å². The predicted octanol–water partition coefficient (Wildman–Crippen LogP) is 1.99. The molecule has 6 heteroatoms. The van der Waals surface area contributed by atoms with Gasteiger partial charge in [0, 0.05) is 6.54 Å². The van der Waals surface area contributed by atoms with Gasteiger partial charge in [-0.25, -0.2) is 12.8 Å². The van der Waals surface area contributed by atoms with Crippen LogP contribution in [0.5, 0.6) is 0 Å². The Morgan fingerprint density at radius 3 is 2.56 bits per heavy atom. The Hall–Kier alpha value is -0.650. The van der Waals surface area contributed by atoms with Crippen molar-refractivity contribution >= 4 is 21.4 Å². The van der Waals surface area contributed by atoms with Crippen LogP contribution in [0.25, 0.3) is 0 Å². The lowest BCUT2D eigenvalue weighted by Crippen LogP contribution is -2.29. The van der Waals surface area contributed by atoms with Crippen LogP contribution in [0.4, 0.5) is 4.39 Å². The fourth-order valence-corrected chi connectivity index (χ4v) is 3.22. The number of sulfone groups is 1. The third-order valence-electron chi connectivity index (χ3n) is 2.38. The van der Waals surface area contributed by atoms with Crippen LogP contribution >= 0.6 is 11.6 Å². The fourth-order valence-electron chi connectivity index (χ4n) is 1.36. The van der Waals surface area contributed by atoms with Gasteiger partial charge in [0.25, 0.3) is 0 Å². The minimum Gasteiger partial charge on any atom is -0.329 e. The summed E-state index contributed by atoms with van der Waals surface area (Å²) in [5.41, 5.74) is 5.39. The zero-order valence-corrected chi connectivity index (χ0v) is 10.4. The zero-order valence-electron chi connectivity index (χ0n) is 8.78. The number of hydrogen-bond donors (Lipinski definition) is 1. The lowest BCUT2D eigenvalue weighted by molar-refractivity contribution is 0.575. The summed E-state index contributed by atoms with van der Waals surface area (Å²) >= 11 is 5.54. The number of benzene rings is 1. The maximum Gasteiger partial charge on any atom is 0.182 e. The zero-order chi connectivity index (χ0) is 12.3. The van der Waals surface area contributed by atoms with E-state index >= 15 is 0 Å². The number of nitrogens with two attached hydrogens (primary N) is 1. The van der Waals surface area contributed by atoms with Crippen molar-refractivity contribution in [3.63, 3.8) is 0 Å². The fraction of sp³-hybridized carbons (Fsp3) is 0.400. The van der Waals surface area contributed by atoms with Crippen molar-refractivity contribution in [2.75, 3.05) is 6.54 Å². The van der Waals surface area contributed by atoms with Crippen LogP contribution in [-0.2, 0) is 9.84 Å². The van der Waals surface area contributed by atoms with Gasteiger partial charge in [-0.05, 0) is 24.6 Å². The van der Waals surface area contributed by atoms with E-state index in [1.807, 2.05) is 0 Å². The Kier molecular flexibility index (Phi) is 4.29. The Labute approximate surface area is 99.3 Å². The van der Waals surface area contributed by atoms with Gasteiger partial charge in [-0.3, -0.25) is 0 Å². The van der Waals surface area contributed by atoms with E-state index in [1.165, 1.54) is 6.07 Å². The van der Waals surface area contributed by atoms with Crippen molar-refractivity contribution in [3.8, 4) is 0 Å². The second-order valence-electron chi connectivity index (χ2n) is 3.39. The predicted molar refractivity (Wildman–Crippen MR) is 61.7 cm³/mol. The smallest absolute Gasteiger partial charge is 0.182 e. The number of rotatable bonds is 4. The number of halogens is 2. The highest BCUT2D eigenvalue weighted by Gasteiger charge is 2.25. The first-order valence-corrected chi connectivity index (χ1v) is 6.75. The van der Waals surface area contributed by atoms with E-state index in [0.717, 1.165) is 12.1 Å². The highest BCUT2D eigenvalue weighted by Crippen LogP contribution is 2.23. The highest BCUT2D eigenvalue weighted by molar-refractivity contribution is 7.92. The summed E-state index contributed by atoms with van der Waals surface area (Å²) in [7, 11) is -3.52. The summed E-state index contributed by atoms with van der Waals surface area (Å²) in [6, 6.07) is 3.36. The first-order valence-electron chi connectivity index (χ1n) is 4.82. The number of hydrogen-bond acceptors (Lipinski definition) is 3. The van der Waals surface area contributed by atoms with Crippen LogP contribution in [0.2, 0.25) is 5.02 Å². The summed E-state index contributed by atoms with van der Waals surface area (Å²) < 4.78 is 36.9. The van der Waals surface area contributed by atoms with Gasteiger partial charge in [0.15, 0.2) is 9.84 Å². The first kappa shape index (κ1) is 13.4. The average Bonchev–Trinajstić information content (AvgIpc) is 2.23. The van der Waals surface area contributed by atoms with Gasteiger partial charge >= 0.3 is 0 Å². The monoisotopic (exact) mass is 265 g/mol. The van der Waals surface area contributed by atoms with Crippen LogP contribution < -0.4 is 5.73 Å². The van der Waals surface area contributed by atoms with Crippen LogP contribution in [0, 0.1) is 5.82 Å². The molecule has 1 aromatic carbocycles. The second-order valence-corrected chi connectivity index (χ2v) is 6.02. The Bertz CT molecular complexity index is 472. The summed E-state index contributed by atoms with van der Waals surface area (Å²) in [5, 5.41) is -0.859. The van der Waals surface area contributed by atoms with Crippen molar-refractivity contribution in [1.29, 1.82) is 0 Å². The Morgan fingerprint density at radius 1 is 1.50 bits per heavy atom. The molecule has 0 saturated heterocycles. The molecule has 1 aromatic rings. The van der Waals surface area contributed by atoms with Gasteiger partial charge in [0.2, 0.25) is 0 Å². The molecular formula is C10H13ClFNO2S. The van der Waals surface area contributed by atoms with Crippen LogP contribution in [0.3, 0.4) is 0 Å². The van der Waals surface area contributed by atoms with E-state index in [4.69, 9.17) is 17.3 Å². The lowest BCUT2D eigenvalue weighted by atomic mass is 10.3. The van der Waals surface area contributed by atoms with Crippen molar-refractivity contribution in [2.45, 2.75) is 23.5 Å². The summed E-state index contributed by atoms with van der Waals surface area (Å²) in [6.45, 7) is 1.77. The van der Waals surface area contributed by atoms with Crippen molar-refractivity contribution < 1.29 is 12.8 Å². The third-order valence-corrected chi connectivity index (χ3v) is 4.98. The van der Waals surface area contributed by atoms with E-state index < -0.39 is 20.9 Å². The molecule has 0 saturated carbocycles. The normalized spacial score (nSPS) is 13.8. The van der Waals surface area contributed by atoms with E-state index in [1.54, 1.807) is 6.92 Å². The standard InChI is InChI=1S/C10H13ClFNO2S/c1-2-7(6-13)16(14,15)8-3-4-10(12)9(11)5-8/h3-5,7H,2,6,13H2,1H3. The molecule has 0 aliphatic heterocycles. The molecule has 1 rings (SSSR count). The molecule has 0 spiro atoms. The van der Waals surface area contributed by atoms with Gasteiger partial charge in [-0.2, -0.15) is 0 Å². The van der Waals surface area contributed by atoms with E-state index in [2.05, 4.69) is 0 Å². The van der Waals surface area contributed by atoms with Crippen LogP contribution in [-0.4, -0.2) is 20.2 Å². The van der Waals surface area contributed by atoms with Gasteiger partial charge in [-0.15, -0.1) is 0 Å². The minimum atomic E-state index is -3.52. The SMILES string of the molecule is CCC(CN)S(=O)(=O)c1ccc(F)c(Cl)c1. The largest absolute Gasteiger partial charge is 0.329 e. The van der Waals surface area contributed by atoms with Crippen LogP contribution in [0.15, 0.2) is 23.1 Å². The van der Waals surface area contributed by atoms with Crippen molar-refractivity contribution in [2.24, 2.45) is 5.73 Å². The molecule has 2 N–H and O–H groups in total. The third kappa shape index (κ3) is 2.53. The van der Waals surface area contributed by atoms with Crippen LogP contribution in [0.1, 0.15) is 13.3 Å². The van der Waals surface area contributed by atoms with Crippen molar-refractivity contribution in [3.05, 3.63) is 29.0 Å². The molecule has 0 bridgehead atoms. The highest BCUT2D eigenvalue weighted by atomic mass is 35.5. The van der Waals surface area contributed by atoms with Gasteiger partial charge in [0.1, 0.15) is 5.82 Å². The second kappa shape index (κ2) is 5.12. The molecular weight excluding hydrogens is 253 g/mol. The molecule has 0 aliphatic rings. The molecule has 1 unspecified atom stereocenters. The Morgan fingerprint density at radius 2 is 2.12 bits per heavy atom. The molecule has 3 nitrogen and oxygen atoms in total. The maximum atomic E-state index is 12.9. The molecule has 16 heavy (non-hydrogen) atoms. The first-order chi connectivity index (χ1) is 7.43. The van der Waals surface area contributed by atoms with Gasteiger partial charge < -0.3 is 5.73 Å². The molecule has 0 radical (unpaired) electrons. The molecule has 0 aromatic heterocycles. The van der Waals surface area contributed by atoms with Gasteiger partial charge in [-0.1, -0.05) is 18.5 Å². The van der Waals surface area contributed by atoms with Gasteiger partial charge in [0.05, 0.1) is 15.2 Å². The topological polar surface area (TPSA) is 60.2 Å². The summed E-state index contributed by atoms with van der Waals surface area (Å²) in [6.07, 6.45) is 0.411. The molecule has 90 valence electrons. The lowest BCUT2D eigenvalue weighted by Gasteiger charge is -2.13. The molecule has 0 heterocycles. The summed E-state index contributed by atoms with van der Waals surface area (Å²) in [5.74, 6) is -0.638. The average molecular weight is 266 g/mol. The molecule has 0 amide bonds. The maximum absolute atomic E-state index is 12.9. The summed E-state index contributed by atoms with van der Waals surface area (Å²) in [4.78, 5) is 0.0104. The quantitative estimate of drug-likeness (QED) is 0.847. The Balaban J connectivity index is 3.22. The van der Waals surface area contributed by atoms with E-state index in [-0.39, 0.29) is 16.5 Å². The minimum absolute atomic E-state index is 0.0104. The van der Waals surface area contributed by atoms with E-state index in [0.29, 0.717) is 6.42 Å². The molecule has 0 fully saturated rings.